The second-order valence-electron chi connectivity index (χ2n) is 3.51. The highest BCUT2D eigenvalue weighted by Gasteiger charge is 2.05. The van der Waals surface area contributed by atoms with Crippen molar-refractivity contribution in [3.05, 3.63) is 35.4 Å². The maximum atomic E-state index is 11.5. The minimum Gasteiger partial charge on any atom is -0.462 e. The number of esters is 1. The van der Waals surface area contributed by atoms with Crippen molar-refractivity contribution in [2.45, 2.75) is 19.8 Å². The Morgan fingerprint density at radius 2 is 1.94 bits per heavy atom. The first kappa shape index (κ1) is 13.2. The molecule has 1 radical (unpaired) electrons. The molecule has 0 heterocycles. The van der Waals surface area contributed by atoms with Gasteiger partial charge in [0, 0.05) is 6.42 Å². The van der Waals surface area contributed by atoms with Crippen LogP contribution in [0.1, 0.15) is 29.3 Å². The van der Waals surface area contributed by atoms with Crippen molar-refractivity contribution >= 4 is 12.4 Å². The van der Waals surface area contributed by atoms with E-state index in [0.29, 0.717) is 25.2 Å². The normalized spacial score (nSPS) is 9.71. The highest BCUT2D eigenvalue weighted by molar-refractivity contribution is 5.89. The van der Waals surface area contributed by atoms with E-state index in [1.807, 2.05) is 19.1 Å². The lowest BCUT2D eigenvalue weighted by Crippen LogP contribution is -2.06. The van der Waals surface area contributed by atoms with Crippen molar-refractivity contribution in [1.29, 1.82) is 0 Å². The zero-order valence-electron chi connectivity index (χ0n) is 9.77. The van der Waals surface area contributed by atoms with Gasteiger partial charge in [0.1, 0.15) is 0 Å². The number of hydrogen-bond donors (Lipinski definition) is 0. The Bertz CT molecular complexity index is 356. The Balaban J connectivity index is 2.49. The minimum atomic E-state index is -0.309. The van der Waals surface area contributed by atoms with Gasteiger partial charge in [-0.15, -0.1) is 0 Å². The van der Waals surface area contributed by atoms with E-state index in [4.69, 9.17) is 4.74 Å². The van der Waals surface area contributed by atoms with E-state index in [1.165, 1.54) is 6.47 Å². The van der Waals surface area contributed by atoms with Crippen LogP contribution in [-0.4, -0.2) is 25.7 Å². The number of benzene rings is 1. The summed E-state index contributed by atoms with van der Waals surface area (Å²) < 4.78 is 9.47. The smallest absolute Gasteiger partial charge is 0.417 e. The molecule has 4 nitrogen and oxygen atoms in total. The SMILES string of the molecule is CCCOC(=O)c1ccc(CCO[C]=O)cc1. The summed E-state index contributed by atoms with van der Waals surface area (Å²) >= 11 is 0. The largest absolute Gasteiger partial charge is 0.462 e. The highest BCUT2D eigenvalue weighted by Crippen LogP contribution is 2.07. The summed E-state index contributed by atoms with van der Waals surface area (Å²) in [5, 5.41) is 0. The lowest BCUT2D eigenvalue weighted by molar-refractivity contribution is 0.0505. The monoisotopic (exact) mass is 235 g/mol. The first-order chi connectivity index (χ1) is 8.27. The molecular weight excluding hydrogens is 220 g/mol. The van der Waals surface area contributed by atoms with E-state index in [-0.39, 0.29) is 5.97 Å². The third kappa shape index (κ3) is 4.68. The first-order valence-electron chi connectivity index (χ1n) is 5.53. The fourth-order valence-corrected chi connectivity index (χ4v) is 1.30. The van der Waals surface area contributed by atoms with Gasteiger partial charge >= 0.3 is 12.4 Å². The molecule has 0 atom stereocenters. The second kappa shape index (κ2) is 7.44. The molecule has 0 N–H and O–H groups in total. The Morgan fingerprint density at radius 1 is 1.24 bits per heavy atom. The summed E-state index contributed by atoms with van der Waals surface area (Å²) in [7, 11) is 0. The molecule has 0 aliphatic heterocycles. The number of ether oxygens (including phenoxy) is 2. The molecule has 0 unspecified atom stereocenters. The number of carbonyl (C=O) groups excluding carboxylic acids is 2. The fourth-order valence-electron chi connectivity index (χ4n) is 1.30. The molecule has 1 rings (SSSR count). The van der Waals surface area contributed by atoms with Crippen LogP contribution in [0.15, 0.2) is 24.3 Å². The fraction of sp³-hybridized carbons (Fsp3) is 0.385. The molecule has 1 aromatic carbocycles. The third-order valence-electron chi connectivity index (χ3n) is 2.18. The molecule has 0 saturated heterocycles. The molecule has 0 amide bonds. The summed E-state index contributed by atoms with van der Waals surface area (Å²) in [6.45, 7) is 4.04. The van der Waals surface area contributed by atoms with Crippen molar-refractivity contribution in [3.63, 3.8) is 0 Å². The average Bonchev–Trinajstić information content (AvgIpc) is 2.37. The van der Waals surface area contributed by atoms with Crippen molar-refractivity contribution in [2.75, 3.05) is 13.2 Å². The van der Waals surface area contributed by atoms with E-state index in [0.717, 1.165) is 12.0 Å². The van der Waals surface area contributed by atoms with Crippen LogP contribution in [0.25, 0.3) is 0 Å². The molecule has 0 aliphatic rings. The van der Waals surface area contributed by atoms with E-state index in [1.54, 1.807) is 12.1 Å². The van der Waals surface area contributed by atoms with Gasteiger partial charge in [0.15, 0.2) is 0 Å². The van der Waals surface area contributed by atoms with Gasteiger partial charge in [0.05, 0.1) is 18.8 Å². The Labute approximate surface area is 101 Å². The molecule has 0 spiro atoms. The van der Waals surface area contributed by atoms with Crippen molar-refractivity contribution in [3.8, 4) is 0 Å². The Hall–Kier alpha value is -1.84. The standard InChI is InChI=1S/C13H15O4/c1-2-8-17-13(15)12-5-3-11(4-6-12)7-9-16-10-14/h3-6H,2,7-9H2,1H3. The van der Waals surface area contributed by atoms with Crippen LogP contribution >= 0.6 is 0 Å². The van der Waals surface area contributed by atoms with Gasteiger partial charge in [0.25, 0.3) is 0 Å². The molecular formula is C13H15O4. The molecule has 0 saturated carbocycles. The van der Waals surface area contributed by atoms with Crippen LogP contribution in [0.5, 0.6) is 0 Å². The Morgan fingerprint density at radius 3 is 2.53 bits per heavy atom. The van der Waals surface area contributed by atoms with Crippen LogP contribution in [0, 0.1) is 0 Å². The number of carbonyl (C=O) groups is 1. The summed E-state index contributed by atoms with van der Waals surface area (Å²) in [5.74, 6) is -0.309. The van der Waals surface area contributed by atoms with Gasteiger partial charge in [-0.25, -0.2) is 9.59 Å². The summed E-state index contributed by atoms with van der Waals surface area (Å²) in [6, 6.07) is 7.04. The van der Waals surface area contributed by atoms with E-state index in [9.17, 15) is 9.59 Å². The predicted octanol–water partition coefficient (Wildman–Crippen LogP) is 1.88. The minimum absolute atomic E-state index is 0.295. The topological polar surface area (TPSA) is 52.6 Å². The summed E-state index contributed by atoms with van der Waals surface area (Å²) in [6.07, 6.45) is 1.42. The molecule has 4 heteroatoms. The molecule has 17 heavy (non-hydrogen) atoms. The summed E-state index contributed by atoms with van der Waals surface area (Å²) in [4.78, 5) is 21.3. The van der Waals surface area contributed by atoms with Gasteiger partial charge in [-0.3, -0.25) is 0 Å². The Kier molecular flexibility index (Phi) is 5.79. The molecule has 91 valence electrons. The van der Waals surface area contributed by atoms with E-state index in [2.05, 4.69) is 4.74 Å². The van der Waals surface area contributed by atoms with Crippen molar-refractivity contribution < 1.29 is 19.1 Å². The number of rotatable bonds is 7. The van der Waals surface area contributed by atoms with Crippen molar-refractivity contribution in [2.24, 2.45) is 0 Å². The first-order valence-corrected chi connectivity index (χ1v) is 5.53. The van der Waals surface area contributed by atoms with Crippen LogP contribution in [0.3, 0.4) is 0 Å². The molecule has 0 aromatic heterocycles. The number of hydrogen-bond acceptors (Lipinski definition) is 4. The highest BCUT2D eigenvalue weighted by atomic mass is 16.5. The van der Waals surface area contributed by atoms with Crippen molar-refractivity contribution in [1.82, 2.24) is 0 Å². The third-order valence-corrected chi connectivity index (χ3v) is 2.18. The zero-order chi connectivity index (χ0) is 12.5. The quantitative estimate of drug-likeness (QED) is 0.535. The van der Waals surface area contributed by atoms with Crippen LogP contribution in [0.2, 0.25) is 0 Å². The van der Waals surface area contributed by atoms with Crippen LogP contribution in [0.4, 0.5) is 0 Å². The lowest BCUT2D eigenvalue weighted by atomic mass is 10.1. The molecule has 0 fully saturated rings. The van der Waals surface area contributed by atoms with Gasteiger partial charge < -0.3 is 9.47 Å². The van der Waals surface area contributed by atoms with E-state index >= 15 is 0 Å². The molecule has 0 aliphatic carbocycles. The lowest BCUT2D eigenvalue weighted by Gasteiger charge is -2.04. The second-order valence-corrected chi connectivity index (χ2v) is 3.51. The summed E-state index contributed by atoms with van der Waals surface area (Å²) in [5.41, 5.74) is 1.53. The average molecular weight is 235 g/mol. The van der Waals surface area contributed by atoms with Crippen LogP contribution in [-0.2, 0) is 20.7 Å². The van der Waals surface area contributed by atoms with Gasteiger partial charge in [-0.2, -0.15) is 0 Å². The maximum absolute atomic E-state index is 11.5. The van der Waals surface area contributed by atoms with E-state index < -0.39 is 0 Å². The zero-order valence-corrected chi connectivity index (χ0v) is 9.77. The van der Waals surface area contributed by atoms with Crippen LogP contribution < -0.4 is 0 Å². The molecule has 1 aromatic rings. The molecule has 0 bridgehead atoms. The van der Waals surface area contributed by atoms with Gasteiger partial charge in [-0.05, 0) is 24.1 Å². The maximum Gasteiger partial charge on any atom is 0.417 e. The predicted molar refractivity (Wildman–Crippen MR) is 62.4 cm³/mol. The van der Waals surface area contributed by atoms with Gasteiger partial charge in [0.2, 0.25) is 0 Å². The van der Waals surface area contributed by atoms with Gasteiger partial charge in [-0.1, -0.05) is 19.1 Å².